The number of aliphatic hydroxyl groups is 1. The van der Waals surface area contributed by atoms with Crippen molar-refractivity contribution in [1.82, 2.24) is 10.2 Å². The van der Waals surface area contributed by atoms with Gasteiger partial charge in [-0.25, -0.2) is 0 Å². The molecule has 1 amide bonds. The molecule has 0 aliphatic carbocycles. The molecule has 1 aromatic carbocycles. The smallest absolute Gasteiger partial charge is 0.224 e. The molecule has 22 heavy (non-hydrogen) atoms. The van der Waals surface area contributed by atoms with E-state index in [2.05, 4.69) is 10.2 Å². The molecule has 1 saturated heterocycles. The Morgan fingerprint density at radius 3 is 2.95 bits per heavy atom. The Hall–Kier alpha value is -1.10. The number of likely N-dealkylation sites (tertiary alicyclic amines) is 1. The van der Waals surface area contributed by atoms with Crippen molar-refractivity contribution < 1.29 is 9.90 Å². The van der Waals surface area contributed by atoms with Crippen LogP contribution >= 0.6 is 11.6 Å². The fraction of sp³-hybridized carbons (Fsp3) is 0.588. The van der Waals surface area contributed by atoms with E-state index in [1.165, 1.54) is 6.42 Å². The molecule has 5 heteroatoms. The zero-order valence-corrected chi connectivity index (χ0v) is 13.7. The van der Waals surface area contributed by atoms with Crippen molar-refractivity contribution in [1.29, 1.82) is 0 Å². The zero-order valence-electron chi connectivity index (χ0n) is 12.9. The number of halogens is 1. The number of hydrogen-bond acceptors (Lipinski definition) is 3. The highest BCUT2D eigenvalue weighted by Crippen LogP contribution is 2.17. The summed E-state index contributed by atoms with van der Waals surface area (Å²) in [6.07, 6.45) is 4.62. The first-order valence-corrected chi connectivity index (χ1v) is 8.43. The average Bonchev–Trinajstić information content (AvgIpc) is 2.97. The number of amides is 1. The summed E-state index contributed by atoms with van der Waals surface area (Å²) in [6, 6.07) is 7.78. The van der Waals surface area contributed by atoms with E-state index in [1.54, 1.807) is 6.07 Å². The number of rotatable bonds is 8. The number of hydrogen-bond donors (Lipinski definition) is 2. The van der Waals surface area contributed by atoms with E-state index >= 15 is 0 Å². The van der Waals surface area contributed by atoms with Gasteiger partial charge in [0.15, 0.2) is 0 Å². The molecule has 1 aliphatic rings. The largest absolute Gasteiger partial charge is 0.395 e. The summed E-state index contributed by atoms with van der Waals surface area (Å²) in [7, 11) is 0. The summed E-state index contributed by atoms with van der Waals surface area (Å²) >= 11 is 6.05. The molecule has 1 heterocycles. The first kappa shape index (κ1) is 17.3. The predicted octanol–water partition coefficient (Wildman–Crippen LogP) is 2.24. The van der Waals surface area contributed by atoms with Crippen LogP contribution in [-0.4, -0.2) is 48.2 Å². The highest BCUT2D eigenvalue weighted by atomic mass is 35.5. The van der Waals surface area contributed by atoms with Crippen molar-refractivity contribution in [2.45, 2.75) is 38.1 Å². The topological polar surface area (TPSA) is 52.6 Å². The van der Waals surface area contributed by atoms with Gasteiger partial charge in [0.1, 0.15) is 0 Å². The Bertz CT molecular complexity index is 481. The van der Waals surface area contributed by atoms with Crippen LogP contribution in [0.5, 0.6) is 0 Å². The summed E-state index contributed by atoms with van der Waals surface area (Å²) in [4.78, 5) is 14.2. The van der Waals surface area contributed by atoms with Gasteiger partial charge in [-0.05, 0) is 50.4 Å². The highest BCUT2D eigenvalue weighted by molar-refractivity contribution is 6.31. The van der Waals surface area contributed by atoms with Crippen molar-refractivity contribution in [3.63, 3.8) is 0 Å². The first-order valence-electron chi connectivity index (χ1n) is 8.05. The number of carbonyl (C=O) groups excluding carboxylic acids is 1. The van der Waals surface area contributed by atoms with Gasteiger partial charge in [0.05, 0.1) is 13.0 Å². The van der Waals surface area contributed by atoms with Crippen molar-refractivity contribution >= 4 is 17.5 Å². The maximum absolute atomic E-state index is 11.9. The normalized spacial score (nSPS) is 18.5. The monoisotopic (exact) mass is 324 g/mol. The van der Waals surface area contributed by atoms with Gasteiger partial charge in [-0.2, -0.15) is 0 Å². The van der Waals surface area contributed by atoms with Crippen molar-refractivity contribution in [3.8, 4) is 0 Å². The molecule has 1 unspecified atom stereocenters. The molecular weight excluding hydrogens is 300 g/mol. The number of aliphatic hydroxyl groups excluding tert-OH is 1. The predicted molar refractivity (Wildman–Crippen MR) is 89.1 cm³/mol. The Kier molecular flexibility index (Phi) is 7.16. The third-order valence-corrected chi connectivity index (χ3v) is 4.58. The lowest BCUT2D eigenvalue weighted by atomic mass is 10.1. The van der Waals surface area contributed by atoms with Crippen LogP contribution in [0.2, 0.25) is 5.02 Å². The molecule has 1 aromatic rings. The molecule has 4 nitrogen and oxygen atoms in total. The van der Waals surface area contributed by atoms with Crippen LogP contribution in [0.1, 0.15) is 31.2 Å². The second kappa shape index (κ2) is 9.13. The van der Waals surface area contributed by atoms with E-state index in [0.717, 1.165) is 37.9 Å². The molecule has 2 rings (SSSR count). The SMILES string of the molecule is O=C(Cc1ccccc1Cl)NCCCCN1CCCC1CO. The maximum atomic E-state index is 11.9. The standard InChI is InChI=1S/C17H25ClN2O2/c18-16-8-2-1-6-14(16)12-17(22)19-9-3-4-10-20-11-5-7-15(20)13-21/h1-2,6,8,15,21H,3-5,7,9-13H2,(H,19,22). The quantitative estimate of drug-likeness (QED) is 0.721. The maximum Gasteiger partial charge on any atom is 0.224 e. The van der Waals surface area contributed by atoms with Crippen molar-refractivity contribution in [2.24, 2.45) is 0 Å². The first-order chi connectivity index (χ1) is 10.7. The van der Waals surface area contributed by atoms with Gasteiger partial charge in [0.25, 0.3) is 0 Å². The molecule has 122 valence electrons. The van der Waals surface area contributed by atoms with Crippen LogP contribution in [-0.2, 0) is 11.2 Å². The number of unbranched alkanes of at least 4 members (excludes halogenated alkanes) is 1. The van der Waals surface area contributed by atoms with Crippen molar-refractivity contribution in [2.75, 3.05) is 26.2 Å². The van der Waals surface area contributed by atoms with Gasteiger partial charge in [0.2, 0.25) is 5.91 Å². The number of nitrogens with one attached hydrogen (secondary N) is 1. The minimum atomic E-state index is 0.0162. The van der Waals surface area contributed by atoms with Gasteiger partial charge in [-0.15, -0.1) is 0 Å². The molecule has 1 atom stereocenters. The molecule has 0 aromatic heterocycles. The molecule has 0 saturated carbocycles. The van der Waals surface area contributed by atoms with Gasteiger partial charge >= 0.3 is 0 Å². The Morgan fingerprint density at radius 1 is 1.36 bits per heavy atom. The lowest BCUT2D eigenvalue weighted by molar-refractivity contribution is -0.120. The lowest BCUT2D eigenvalue weighted by Crippen LogP contribution is -2.33. The van der Waals surface area contributed by atoms with Gasteiger partial charge in [0, 0.05) is 17.6 Å². The van der Waals surface area contributed by atoms with Gasteiger partial charge in [-0.1, -0.05) is 29.8 Å². The van der Waals surface area contributed by atoms with Gasteiger partial charge < -0.3 is 10.4 Å². The third-order valence-electron chi connectivity index (χ3n) is 4.21. The van der Waals surface area contributed by atoms with Crippen LogP contribution in [0, 0.1) is 0 Å². The fourth-order valence-electron chi connectivity index (χ4n) is 2.94. The number of carbonyl (C=O) groups is 1. The zero-order chi connectivity index (χ0) is 15.8. The Balaban J connectivity index is 1.58. The summed E-state index contributed by atoms with van der Waals surface area (Å²) in [5.41, 5.74) is 0.865. The van der Waals surface area contributed by atoms with E-state index in [1.807, 2.05) is 18.2 Å². The number of nitrogens with zero attached hydrogens (tertiary/aromatic N) is 1. The van der Waals surface area contributed by atoms with Crippen LogP contribution in [0.15, 0.2) is 24.3 Å². The molecule has 1 aliphatic heterocycles. The molecular formula is C17H25ClN2O2. The van der Waals surface area contributed by atoms with Gasteiger partial charge in [-0.3, -0.25) is 9.69 Å². The minimum Gasteiger partial charge on any atom is -0.395 e. The van der Waals surface area contributed by atoms with E-state index in [0.29, 0.717) is 24.0 Å². The summed E-state index contributed by atoms with van der Waals surface area (Å²) in [5.74, 6) is 0.0162. The highest BCUT2D eigenvalue weighted by Gasteiger charge is 2.22. The van der Waals surface area contributed by atoms with Crippen LogP contribution in [0.3, 0.4) is 0 Å². The second-order valence-electron chi connectivity index (χ2n) is 5.84. The Morgan fingerprint density at radius 2 is 2.18 bits per heavy atom. The summed E-state index contributed by atoms with van der Waals surface area (Å²) in [5, 5.41) is 12.8. The van der Waals surface area contributed by atoms with Crippen LogP contribution < -0.4 is 5.32 Å². The molecule has 0 bridgehead atoms. The molecule has 2 N–H and O–H groups in total. The van der Waals surface area contributed by atoms with E-state index in [9.17, 15) is 9.90 Å². The van der Waals surface area contributed by atoms with Crippen LogP contribution in [0.25, 0.3) is 0 Å². The molecule has 0 spiro atoms. The van der Waals surface area contributed by atoms with E-state index < -0.39 is 0 Å². The lowest BCUT2D eigenvalue weighted by Gasteiger charge is -2.22. The number of benzene rings is 1. The van der Waals surface area contributed by atoms with Crippen molar-refractivity contribution in [3.05, 3.63) is 34.9 Å². The second-order valence-corrected chi connectivity index (χ2v) is 6.25. The molecule has 1 fully saturated rings. The average molecular weight is 325 g/mol. The summed E-state index contributed by atoms with van der Waals surface area (Å²) < 4.78 is 0. The van der Waals surface area contributed by atoms with E-state index in [-0.39, 0.29) is 12.5 Å². The van der Waals surface area contributed by atoms with Crippen LogP contribution in [0.4, 0.5) is 0 Å². The Labute approximate surface area is 137 Å². The third kappa shape index (κ3) is 5.27. The molecule has 0 radical (unpaired) electrons. The van der Waals surface area contributed by atoms with E-state index in [4.69, 9.17) is 11.6 Å². The summed E-state index contributed by atoms with van der Waals surface area (Å²) in [6.45, 7) is 3.05. The fourth-order valence-corrected chi connectivity index (χ4v) is 3.14. The minimum absolute atomic E-state index is 0.0162.